The summed E-state index contributed by atoms with van der Waals surface area (Å²) in [5.74, 6) is 3.23. The van der Waals surface area contributed by atoms with Gasteiger partial charge in [0, 0.05) is 11.5 Å². The number of hydrogen-bond donors (Lipinski definition) is 0. The summed E-state index contributed by atoms with van der Waals surface area (Å²) in [5, 5.41) is 0. The predicted octanol–water partition coefficient (Wildman–Crippen LogP) is 4.94. The van der Waals surface area contributed by atoms with Crippen LogP contribution in [0.3, 0.4) is 0 Å². The second kappa shape index (κ2) is 7.41. The van der Waals surface area contributed by atoms with E-state index in [-0.39, 0.29) is 11.9 Å². The van der Waals surface area contributed by atoms with E-state index < -0.39 is 4.08 Å². The van der Waals surface area contributed by atoms with E-state index in [1.807, 2.05) is 42.5 Å². The van der Waals surface area contributed by atoms with Crippen molar-refractivity contribution in [2.45, 2.75) is 16.4 Å². The minimum absolute atomic E-state index is 0.0415. The van der Waals surface area contributed by atoms with Crippen LogP contribution in [0.15, 0.2) is 60.7 Å². The fourth-order valence-electron chi connectivity index (χ4n) is 3.32. The minimum atomic E-state index is -0.606. The molecule has 1 saturated heterocycles. The lowest BCUT2D eigenvalue weighted by Gasteiger charge is -2.41. The standard InChI is InChI=1S/C21H20O3S2/c1-23-17-10-8-15(9-11-17)18-14-19(16-6-3-2-4-7-16)24-20(22)21(18)25-12-5-13-26-21/h2-4,6-11,14,18H,5,12-13H2,1H3. The molecule has 0 aromatic heterocycles. The molecule has 1 atom stereocenters. The summed E-state index contributed by atoms with van der Waals surface area (Å²) >= 11 is 3.43. The van der Waals surface area contributed by atoms with Gasteiger partial charge in [-0.2, -0.15) is 0 Å². The molecule has 0 N–H and O–H groups in total. The topological polar surface area (TPSA) is 35.5 Å². The first-order chi connectivity index (χ1) is 12.7. The van der Waals surface area contributed by atoms with E-state index in [0.717, 1.165) is 34.8 Å². The lowest BCUT2D eigenvalue weighted by molar-refractivity contribution is -0.138. The van der Waals surface area contributed by atoms with E-state index in [1.165, 1.54) is 0 Å². The van der Waals surface area contributed by atoms with Crippen LogP contribution in [0.25, 0.3) is 5.76 Å². The zero-order valence-electron chi connectivity index (χ0n) is 14.5. The van der Waals surface area contributed by atoms with Gasteiger partial charge >= 0.3 is 5.97 Å². The van der Waals surface area contributed by atoms with Crippen LogP contribution in [0.1, 0.15) is 23.5 Å². The molecule has 1 fully saturated rings. The molecule has 2 aromatic rings. The Morgan fingerprint density at radius 1 is 1.04 bits per heavy atom. The highest BCUT2D eigenvalue weighted by Gasteiger charge is 2.52. The number of methoxy groups -OCH3 is 1. The molecule has 2 aliphatic heterocycles. The quantitative estimate of drug-likeness (QED) is 0.700. The van der Waals surface area contributed by atoms with Crippen molar-refractivity contribution in [1.82, 2.24) is 0 Å². The molecule has 134 valence electrons. The number of carbonyl (C=O) groups excluding carboxylic acids is 1. The lowest BCUT2D eigenvalue weighted by Crippen LogP contribution is -2.43. The predicted molar refractivity (Wildman–Crippen MR) is 109 cm³/mol. The number of allylic oxidation sites excluding steroid dienone is 1. The van der Waals surface area contributed by atoms with Crippen LogP contribution in [-0.2, 0) is 9.53 Å². The van der Waals surface area contributed by atoms with Crippen LogP contribution < -0.4 is 4.74 Å². The van der Waals surface area contributed by atoms with Crippen LogP contribution >= 0.6 is 23.5 Å². The molecule has 2 aliphatic rings. The minimum Gasteiger partial charge on any atom is -0.497 e. The summed E-state index contributed by atoms with van der Waals surface area (Å²) in [5.41, 5.74) is 2.04. The first-order valence-electron chi connectivity index (χ1n) is 8.64. The van der Waals surface area contributed by atoms with Gasteiger partial charge in [-0.25, -0.2) is 4.79 Å². The number of thioether (sulfide) groups is 2. The first kappa shape index (κ1) is 17.6. The van der Waals surface area contributed by atoms with Gasteiger partial charge in [0.15, 0.2) is 4.08 Å². The van der Waals surface area contributed by atoms with Gasteiger partial charge in [-0.15, -0.1) is 23.5 Å². The van der Waals surface area contributed by atoms with E-state index in [9.17, 15) is 4.79 Å². The number of rotatable bonds is 3. The molecule has 0 amide bonds. The monoisotopic (exact) mass is 384 g/mol. The van der Waals surface area contributed by atoms with Gasteiger partial charge in [0.2, 0.25) is 0 Å². The summed E-state index contributed by atoms with van der Waals surface area (Å²) in [6.45, 7) is 0. The molecule has 2 aromatic carbocycles. The molecule has 0 radical (unpaired) electrons. The Labute approximate surface area is 162 Å². The second-order valence-corrected chi connectivity index (χ2v) is 9.20. The number of esters is 1. The van der Waals surface area contributed by atoms with E-state index in [1.54, 1.807) is 30.6 Å². The summed E-state index contributed by atoms with van der Waals surface area (Å²) in [4.78, 5) is 13.1. The SMILES string of the molecule is COc1ccc(C2C=C(c3ccccc3)OC(=O)C23SCCCS3)cc1. The van der Waals surface area contributed by atoms with E-state index in [2.05, 4.69) is 18.2 Å². The van der Waals surface area contributed by atoms with Crippen molar-refractivity contribution in [2.24, 2.45) is 0 Å². The largest absolute Gasteiger partial charge is 0.497 e. The van der Waals surface area contributed by atoms with Crippen LogP contribution in [0, 0.1) is 0 Å². The molecule has 0 bridgehead atoms. The van der Waals surface area contributed by atoms with Crippen molar-refractivity contribution in [2.75, 3.05) is 18.6 Å². The Morgan fingerprint density at radius 2 is 1.73 bits per heavy atom. The van der Waals surface area contributed by atoms with E-state index in [4.69, 9.17) is 9.47 Å². The van der Waals surface area contributed by atoms with Crippen LogP contribution in [-0.4, -0.2) is 28.7 Å². The highest BCUT2D eigenvalue weighted by Crippen LogP contribution is 2.55. The second-order valence-electron chi connectivity index (χ2n) is 6.26. The van der Waals surface area contributed by atoms with Crippen molar-refractivity contribution >= 4 is 35.3 Å². The van der Waals surface area contributed by atoms with Gasteiger partial charge in [0.1, 0.15) is 11.5 Å². The molecule has 3 nitrogen and oxygen atoms in total. The van der Waals surface area contributed by atoms with Crippen LogP contribution in [0.2, 0.25) is 0 Å². The van der Waals surface area contributed by atoms with Gasteiger partial charge in [-0.3, -0.25) is 0 Å². The maximum absolute atomic E-state index is 13.1. The Balaban J connectivity index is 1.80. The average molecular weight is 385 g/mol. The Bertz CT molecular complexity index is 809. The fourth-order valence-corrected chi connectivity index (χ4v) is 6.61. The molecule has 4 rings (SSSR count). The zero-order valence-corrected chi connectivity index (χ0v) is 16.1. The normalized spacial score (nSPS) is 21.8. The summed E-state index contributed by atoms with van der Waals surface area (Å²) in [7, 11) is 1.66. The third-order valence-corrected chi connectivity index (χ3v) is 8.06. The van der Waals surface area contributed by atoms with Gasteiger partial charge < -0.3 is 9.47 Å². The highest BCUT2D eigenvalue weighted by atomic mass is 32.2. The van der Waals surface area contributed by atoms with Crippen molar-refractivity contribution < 1.29 is 14.3 Å². The average Bonchev–Trinajstić information content (AvgIpc) is 2.71. The number of hydrogen-bond acceptors (Lipinski definition) is 5. The highest BCUT2D eigenvalue weighted by molar-refractivity contribution is 8.20. The molecule has 1 unspecified atom stereocenters. The molecular formula is C21H20O3S2. The van der Waals surface area contributed by atoms with Gasteiger partial charge in [0.25, 0.3) is 0 Å². The van der Waals surface area contributed by atoms with E-state index >= 15 is 0 Å². The number of ether oxygens (including phenoxy) is 2. The van der Waals surface area contributed by atoms with Gasteiger partial charge in [0.05, 0.1) is 7.11 Å². The maximum Gasteiger partial charge on any atom is 0.338 e. The zero-order chi connectivity index (χ0) is 18.0. The van der Waals surface area contributed by atoms with Crippen LogP contribution in [0.5, 0.6) is 5.75 Å². The lowest BCUT2D eigenvalue weighted by atomic mass is 9.91. The molecule has 2 heterocycles. The van der Waals surface area contributed by atoms with Crippen molar-refractivity contribution in [3.05, 3.63) is 71.8 Å². The summed E-state index contributed by atoms with van der Waals surface area (Å²) < 4.78 is 10.5. The van der Waals surface area contributed by atoms with Crippen molar-refractivity contribution in [3.63, 3.8) is 0 Å². The number of carbonyl (C=O) groups is 1. The third kappa shape index (κ3) is 3.14. The van der Waals surface area contributed by atoms with Crippen LogP contribution in [0.4, 0.5) is 0 Å². The van der Waals surface area contributed by atoms with Crippen molar-refractivity contribution in [1.29, 1.82) is 0 Å². The van der Waals surface area contributed by atoms with E-state index in [0.29, 0.717) is 5.76 Å². The summed E-state index contributed by atoms with van der Waals surface area (Å²) in [6, 6.07) is 17.9. The number of cyclic esters (lactones) is 1. The smallest absolute Gasteiger partial charge is 0.338 e. The molecular weight excluding hydrogens is 364 g/mol. The van der Waals surface area contributed by atoms with Crippen molar-refractivity contribution in [3.8, 4) is 5.75 Å². The van der Waals surface area contributed by atoms with Gasteiger partial charge in [-0.05, 0) is 41.7 Å². The molecule has 26 heavy (non-hydrogen) atoms. The number of benzene rings is 2. The Kier molecular flexibility index (Phi) is 5.00. The first-order valence-corrected chi connectivity index (χ1v) is 10.6. The van der Waals surface area contributed by atoms with Gasteiger partial charge in [-0.1, -0.05) is 42.5 Å². The molecule has 1 spiro atoms. The Hall–Kier alpha value is -1.85. The maximum atomic E-state index is 13.1. The summed E-state index contributed by atoms with van der Waals surface area (Å²) in [6.07, 6.45) is 3.23. The molecule has 0 aliphatic carbocycles. The fraction of sp³-hybridized carbons (Fsp3) is 0.286. The molecule has 0 saturated carbocycles. The Morgan fingerprint density at radius 3 is 2.38 bits per heavy atom. The third-order valence-electron chi connectivity index (χ3n) is 4.67. The molecule has 5 heteroatoms.